The maximum atomic E-state index is 12.1. The number of benzene rings is 2. The second kappa shape index (κ2) is 9.47. The first kappa shape index (κ1) is 18.5. The van der Waals surface area contributed by atoms with Crippen LogP contribution in [0.25, 0.3) is 0 Å². The van der Waals surface area contributed by atoms with Crippen molar-refractivity contribution in [2.24, 2.45) is 0 Å². The van der Waals surface area contributed by atoms with E-state index in [4.69, 9.17) is 4.74 Å². The number of ether oxygens (including phenoxy) is 1. The Balaban J connectivity index is 2.15. The molecule has 132 valence electrons. The van der Waals surface area contributed by atoms with Gasteiger partial charge >= 0.3 is 0 Å². The monoisotopic (exact) mass is 340 g/mol. The molecule has 0 aliphatic carbocycles. The lowest BCUT2D eigenvalue weighted by Crippen LogP contribution is -2.34. The minimum absolute atomic E-state index is 0.0606. The molecule has 2 aromatic carbocycles. The lowest BCUT2D eigenvalue weighted by molar-refractivity contribution is -0.121. The SMILES string of the molecule is CCCNC(=O)CCN(C(C)=O)c1ccccc1Oc1ccccc1. The topological polar surface area (TPSA) is 58.6 Å². The van der Waals surface area contributed by atoms with Crippen molar-refractivity contribution in [2.75, 3.05) is 18.0 Å². The van der Waals surface area contributed by atoms with Crippen LogP contribution < -0.4 is 15.0 Å². The summed E-state index contributed by atoms with van der Waals surface area (Å²) in [5, 5.41) is 2.82. The molecule has 25 heavy (non-hydrogen) atoms. The molecule has 0 spiro atoms. The second-order valence-electron chi connectivity index (χ2n) is 5.65. The number of carbonyl (C=O) groups is 2. The minimum atomic E-state index is -0.132. The molecule has 2 amide bonds. The van der Waals surface area contributed by atoms with Crippen LogP contribution in [-0.4, -0.2) is 24.9 Å². The molecular weight excluding hydrogens is 316 g/mol. The third-order valence-corrected chi connectivity index (χ3v) is 3.64. The quantitative estimate of drug-likeness (QED) is 0.796. The highest BCUT2D eigenvalue weighted by Crippen LogP contribution is 2.32. The van der Waals surface area contributed by atoms with Crippen LogP contribution in [0.2, 0.25) is 0 Å². The Morgan fingerprint density at radius 3 is 2.40 bits per heavy atom. The molecule has 0 unspecified atom stereocenters. The van der Waals surface area contributed by atoms with Gasteiger partial charge in [0.25, 0.3) is 0 Å². The van der Waals surface area contributed by atoms with Crippen LogP contribution in [0, 0.1) is 0 Å². The van der Waals surface area contributed by atoms with Gasteiger partial charge in [-0.2, -0.15) is 0 Å². The summed E-state index contributed by atoms with van der Waals surface area (Å²) in [5.74, 6) is 1.08. The van der Waals surface area contributed by atoms with Gasteiger partial charge in [-0.05, 0) is 30.7 Å². The van der Waals surface area contributed by atoms with E-state index in [-0.39, 0.29) is 18.2 Å². The van der Waals surface area contributed by atoms with Gasteiger partial charge in [-0.15, -0.1) is 0 Å². The standard InChI is InChI=1S/C20H24N2O3/c1-3-14-21-20(24)13-15-22(16(2)23)18-11-7-8-12-19(18)25-17-9-5-4-6-10-17/h4-12H,3,13-15H2,1-2H3,(H,21,24). The lowest BCUT2D eigenvalue weighted by atomic mass is 10.2. The van der Waals surface area contributed by atoms with Gasteiger partial charge in [-0.25, -0.2) is 0 Å². The van der Waals surface area contributed by atoms with Crippen molar-refractivity contribution in [3.63, 3.8) is 0 Å². The van der Waals surface area contributed by atoms with Crippen LogP contribution >= 0.6 is 0 Å². The first-order chi connectivity index (χ1) is 12.1. The van der Waals surface area contributed by atoms with Crippen molar-refractivity contribution in [1.29, 1.82) is 0 Å². The molecule has 1 N–H and O–H groups in total. The smallest absolute Gasteiger partial charge is 0.223 e. The summed E-state index contributed by atoms with van der Waals surface area (Å²) in [6.45, 7) is 4.44. The molecule has 0 bridgehead atoms. The third kappa shape index (κ3) is 5.64. The van der Waals surface area contributed by atoms with Gasteiger partial charge in [0.15, 0.2) is 5.75 Å². The number of hydrogen-bond donors (Lipinski definition) is 1. The van der Waals surface area contributed by atoms with Gasteiger partial charge in [0.05, 0.1) is 5.69 Å². The maximum Gasteiger partial charge on any atom is 0.223 e. The Bertz CT molecular complexity index is 701. The van der Waals surface area contributed by atoms with E-state index < -0.39 is 0 Å². The zero-order valence-corrected chi connectivity index (χ0v) is 14.7. The van der Waals surface area contributed by atoms with E-state index in [1.165, 1.54) is 6.92 Å². The number of anilines is 1. The second-order valence-corrected chi connectivity index (χ2v) is 5.65. The number of para-hydroxylation sites is 3. The van der Waals surface area contributed by atoms with Crippen LogP contribution in [0.5, 0.6) is 11.5 Å². The molecule has 0 saturated heterocycles. The number of rotatable bonds is 8. The maximum absolute atomic E-state index is 12.1. The average molecular weight is 340 g/mol. The highest BCUT2D eigenvalue weighted by atomic mass is 16.5. The van der Waals surface area contributed by atoms with Gasteiger partial charge < -0.3 is 15.0 Å². The summed E-state index contributed by atoms with van der Waals surface area (Å²) < 4.78 is 5.92. The summed E-state index contributed by atoms with van der Waals surface area (Å²) in [7, 11) is 0. The molecule has 5 nitrogen and oxygen atoms in total. The normalized spacial score (nSPS) is 10.2. The predicted octanol–water partition coefficient (Wildman–Crippen LogP) is 3.75. The van der Waals surface area contributed by atoms with Gasteiger partial charge in [0.1, 0.15) is 5.75 Å². The van der Waals surface area contributed by atoms with E-state index in [0.717, 1.165) is 6.42 Å². The molecule has 0 atom stereocenters. The predicted molar refractivity (Wildman–Crippen MR) is 98.9 cm³/mol. The molecule has 0 heterocycles. The van der Waals surface area contributed by atoms with Gasteiger partial charge in [0, 0.05) is 26.4 Å². The molecule has 0 saturated carbocycles. The Hall–Kier alpha value is -2.82. The average Bonchev–Trinajstić information content (AvgIpc) is 2.62. The highest BCUT2D eigenvalue weighted by Gasteiger charge is 2.17. The Kier molecular flexibility index (Phi) is 7.01. The van der Waals surface area contributed by atoms with E-state index in [0.29, 0.717) is 30.3 Å². The van der Waals surface area contributed by atoms with Crippen molar-refractivity contribution < 1.29 is 14.3 Å². The Labute approximate surface area is 148 Å². The molecular formula is C20H24N2O3. The fourth-order valence-electron chi connectivity index (χ4n) is 2.40. The number of hydrogen-bond acceptors (Lipinski definition) is 3. The number of amides is 2. The van der Waals surface area contributed by atoms with Crippen LogP contribution in [0.1, 0.15) is 26.7 Å². The van der Waals surface area contributed by atoms with Gasteiger partial charge in [-0.3, -0.25) is 9.59 Å². The fourth-order valence-corrected chi connectivity index (χ4v) is 2.40. The first-order valence-corrected chi connectivity index (χ1v) is 8.48. The highest BCUT2D eigenvalue weighted by molar-refractivity contribution is 5.94. The van der Waals surface area contributed by atoms with E-state index in [1.54, 1.807) is 4.90 Å². The van der Waals surface area contributed by atoms with E-state index >= 15 is 0 Å². The van der Waals surface area contributed by atoms with Crippen LogP contribution in [0.15, 0.2) is 54.6 Å². The Morgan fingerprint density at radius 2 is 1.72 bits per heavy atom. The number of nitrogens with zero attached hydrogens (tertiary/aromatic N) is 1. The molecule has 5 heteroatoms. The van der Waals surface area contributed by atoms with Gasteiger partial charge in [-0.1, -0.05) is 37.3 Å². The summed E-state index contributed by atoms with van der Waals surface area (Å²) in [6.07, 6.45) is 1.13. The lowest BCUT2D eigenvalue weighted by Gasteiger charge is -2.23. The first-order valence-electron chi connectivity index (χ1n) is 8.48. The van der Waals surface area contributed by atoms with E-state index in [1.807, 2.05) is 61.5 Å². The minimum Gasteiger partial charge on any atom is -0.455 e. The summed E-state index contributed by atoms with van der Waals surface area (Å²) in [6, 6.07) is 16.7. The number of carbonyl (C=O) groups excluding carboxylic acids is 2. The molecule has 2 rings (SSSR count). The van der Waals surface area contributed by atoms with Crippen LogP contribution in [0.4, 0.5) is 5.69 Å². The van der Waals surface area contributed by atoms with Crippen molar-refractivity contribution in [1.82, 2.24) is 5.32 Å². The molecule has 0 aromatic heterocycles. The molecule has 0 aliphatic rings. The van der Waals surface area contributed by atoms with Crippen molar-refractivity contribution in [3.8, 4) is 11.5 Å². The molecule has 0 radical (unpaired) electrons. The summed E-state index contributed by atoms with van der Waals surface area (Å²) in [5.41, 5.74) is 0.655. The van der Waals surface area contributed by atoms with E-state index in [9.17, 15) is 9.59 Å². The Morgan fingerprint density at radius 1 is 1.04 bits per heavy atom. The zero-order chi connectivity index (χ0) is 18.1. The zero-order valence-electron chi connectivity index (χ0n) is 14.7. The molecule has 0 fully saturated rings. The van der Waals surface area contributed by atoms with Crippen molar-refractivity contribution in [2.45, 2.75) is 26.7 Å². The van der Waals surface area contributed by atoms with Crippen molar-refractivity contribution >= 4 is 17.5 Å². The van der Waals surface area contributed by atoms with Crippen molar-refractivity contribution in [3.05, 3.63) is 54.6 Å². The third-order valence-electron chi connectivity index (χ3n) is 3.64. The van der Waals surface area contributed by atoms with Crippen LogP contribution in [0.3, 0.4) is 0 Å². The molecule has 2 aromatic rings. The number of nitrogens with one attached hydrogen (secondary N) is 1. The summed E-state index contributed by atoms with van der Waals surface area (Å²) >= 11 is 0. The van der Waals surface area contributed by atoms with Gasteiger partial charge in [0.2, 0.25) is 11.8 Å². The largest absolute Gasteiger partial charge is 0.455 e. The van der Waals surface area contributed by atoms with E-state index in [2.05, 4.69) is 5.32 Å². The molecule has 0 aliphatic heterocycles. The van der Waals surface area contributed by atoms with Crippen LogP contribution in [-0.2, 0) is 9.59 Å². The fraction of sp³-hybridized carbons (Fsp3) is 0.300. The summed E-state index contributed by atoms with van der Waals surface area (Å²) in [4.78, 5) is 25.5.